The fourth-order valence-corrected chi connectivity index (χ4v) is 3.94. The van der Waals surface area contributed by atoms with Crippen molar-refractivity contribution >= 4 is 11.6 Å². The van der Waals surface area contributed by atoms with Gasteiger partial charge in [-0.1, -0.05) is 24.3 Å². The van der Waals surface area contributed by atoms with Crippen molar-refractivity contribution in [2.45, 2.75) is 32.5 Å². The summed E-state index contributed by atoms with van der Waals surface area (Å²) in [4.78, 5) is 12.6. The Morgan fingerprint density at radius 1 is 1.00 bits per heavy atom. The number of anilines is 1. The Bertz CT molecular complexity index is 1150. The summed E-state index contributed by atoms with van der Waals surface area (Å²) in [5.41, 5.74) is 3.14. The van der Waals surface area contributed by atoms with Gasteiger partial charge in [-0.2, -0.15) is 0 Å². The zero-order valence-corrected chi connectivity index (χ0v) is 18.1. The minimum Gasteiger partial charge on any atom is -0.486 e. The van der Waals surface area contributed by atoms with Crippen LogP contribution < -0.4 is 24.3 Å². The van der Waals surface area contributed by atoms with E-state index in [2.05, 4.69) is 25.2 Å². The van der Waals surface area contributed by atoms with E-state index in [0.29, 0.717) is 42.6 Å². The highest BCUT2D eigenvalue weighted by Gasteiger charge is 2.32. The number of hydrogen-bond donors (Lipinski definition) is 1. The van der Waals surface area contributed by atoms with Gasteiger partial charge in [0.25, 0.3) is 5.91 Å². The normalized spacial score (nSPS) is 15.4. The molecule has 2 aliphatic rings. The molecule has 3 aromatic carbocycles. The van der Waals surface area contributed by atoms with Crippen molar-refractivity contribution in [3.05, 3.63) is 77.4 Å². The number of fused-ring (bicyclic) bond motifs is 2. The molecular weight excluding hydrogens is 406 g/mol. The molecule has 0 bridgehead atoms. The molecule has 6 heteroatoms. The van der Waals surface area contributed by atoms with Gasteiger partial charge < -0.3 is 24.3 Å². The highest BCUT2D eigenvalue weighted by Crippen LogP contribution is 2.42. The Morgan fingerprint density at radius 3 is 2.59 bits per heavy atom. The lowest BCUT2D eigenvalue weighted by Gasteiger charge is -2.19. The molecule has 0 unspecified atom stereocenters. The highest BCUT2D eigenvalue weighted by atomic mass is 16.6. The Labute approximate surface area is 187 Å². The lowest BCUT2D eigenvalue weighted by Crippen LogP contribution is -2.24. The molecule has 0 spiro atoms. The third-order valence-corrected chi connectivity index (χ3v) is 5.47. The van der Waals surface area contributed by atoms with E-state index in [4.69, 9.17) is 18.9 Å². The van der Waals surface area contributed by atoms with Crippen LogP contribution in [0.25, 0.3) is 0 Å². The first kappa shape index (κ1) is 20.2. The number of carbonyl (C=O) groups excluding carboxylic acids is 1. The van der Waals surface area contributed by atoms with Crippen LogP contribution in [0.4, 0.5) is 5.69 Å². The standard InChI is InChI=1S/C26H25NO5/c1-26(2)15-19-4-3-5-22(24(19)32-26)31-16-17-6-8-18(9-7-17)25(28)27-20-10-11-21-23(14-20)30-13-12-29-21/h3-11,14H,12-13,15-16H2,1-2H3,(H,27,28). The van der Waals surface area contributed by atoms with Gasteiger partial charge in [0.15, 0.2) is 23.0 Å². The van der Waals surface area contributed by atoms with Crippen molar-refractivity contribution in [3.63, 3.8) is 0 Å². The molecule has 0 fully saturated rings. The predicted octanol–water partition coefficient (Wildman–Crippen LogP) is 5.00. The van der Waals surface area contributed by atoms with Gasteiger partial charge >= 0.3 is 0 Å². The van der Waals surface area contributed by atoms with Crippen LogP contribution in [0.1, 0.15) is 35.3 Å². The number of hydrogen-bond acceptors (Lipinski definition) is 5. The van der Waals surface area contributed by atoms with Crippen molar-refractivity contribution in [1.82, 2.24) is 0 Å². The van der Waals surface area contributed by atoms with E-state index in [0.717, 1.165) is 23.5 Å². The Balaban J connectivity index is 1.22. The maximum atomic E-state index is 12.6. The van der Waals surface area contributed by atoms with Gasteiger partial charge in [-0.25, -0.2) is 0 Å². The summed E-state index contributed by atoms with van der Waals surface area (Å²) in [6, 6.07) is 18.7. The lowest BCUT2D eigenvalue weighted by atomic mass is 10.0. The van der Waals surface area contributed by atoms with Gasteiger partial charge in [-0.3, -0.25) is 4.79 Å². The molecule has 0 aliphatic carbocycles. The molecule has 3 aromatic rings. The van der Waals surface area contributed by atoms with Gasteiger partial charge in [0.05, 0.1) is 0 Å². The number of amides is 1. The molecule has 5 rings (SSSR count). The van der Waals surface area contributed by atoms with Gasteiger partial charge in [0, 0.05) is 29.3 Å². The summed E-state index contributed by atoms with van der Waals surface area (Å²) < 4.78 is 23.2. The zero-order valence-electron chi connectivity index (χ0n) is 18.1. The molecule has 2 heterocycles. The minimum atomic E-state index is -0.214. The van der Waals surface area contributed by atoms with Crippen molar-refractivity contribution in [2.75, 3.05) is 18.5 Å². The number of ether oxygens (including phenoxy) is 4. The van der Waals surface area contributed by atoms with Gasteiger partial charge in [0.2, 0.25) is 0 Å². The van der Waals surface area contributed by atoms with Crippen LogP contribution >= 0.6 is 0 Å². The number of para-hydroxylation sites is 1. The number of rotatable bonds is 5. The molecule has 0 saturated carbocycles. The number of nitrogens with one attached hydrogen (secondary N) is 1. The molecule has 0 aromatic heterocycles. The smallest absolute Gasteiger partial charge is 0.255 e. The third-order valence-electron chi connectivity index (χ3n) is 5.47. The zero-order chi connectivity index (χ0) is 22.1. The molecule has 1 amide bonds. The highest BCUT2D eigenvalue weighted by molar-refractivity contribution is 6.04. The first-order valence-electron chi connectivity index (χ1n) is 10.7. The fourth-order valence-electron chi connectivity index (χ4n) is 3.94. The van der Waals surface area contributed by atoms with Gasteiger partial charge in [0.1, 0.15) is 25.4 Å². The van der Waals surface area contributed by atoms with Crippen LogP contribution in [0.2, 0.25) is 0 Å². The first-order chi connectivity index (χ1) is 15.5. The maximum Gasteiger partial charge on any atom is 0.255 e. The van der Waals surface area contributed by atoms with Crippen LogP contribution in [-0.4, -0.2) is 24.7 Å². The van der Waals surface area contributed by atoms with Crippen LogP contribution in [0.3, 0.4) is 0 Å². The second-order valence-electron chi connectivity index (χ2n) is 8.58. The Morgan fingerprint density at radius 2 is 1.78 bits per heavy atom. The molecule has 164 valence electrons. The second kappa shape index (κ2) is 8.11. The topological polar surface area (TPSA) is 66.0 Å². The maximum absolute atomic E-state index is 12.6. The summed E-state index contributed by atoms with van der Waals surface area (Å²) in [5.74, 6) is 2.71. The number of benzene rings is 3. The second-order valence-corrected chi connectivity index (χ2v) is 8.58. The first-order valence-corrected chi connectivity index (χ1v) is 10.7. The molecule has 32 heavy (non-hydrogen) atoms. The van der Waals surface area contributed by atoms with Crippen LogP contribution in [0, 0.1) is 0 Å². The van der Waals surface area contributed by atoms with Crippen molar-refractivity contribution < 1.29 is 23.7 Å². The molecule has 2 aliphatic heterocycles. The molecular formula is C26H25NO5. The van der Waals surface area contributed by atoms with E-state index >= 15 is 0 Å². The summed E-state index contributed by atoms with van der Waals surface area (Å²) in [6.45, 7) is 5.58. The average molecular weight is 431 g/mol. The van der Waals surface area contributed by atoms with Crippen LogP contribution in [0.5, 0.6) is 23.0 Å². The van der Waals surface area contributed by atoms with Crippen LogP contribution in [0.15, 0.2) is 60.7 Å². The molecule has 6 nitrogen and oxygen atoms in total. The van der Waals surface area contributed by atoms with Crippen molar-refractivity contribution in [3.8, 4) is 23.0 Å². The van der Waals surface area contributed by atoms with Crippen molar-refractivity contribution in [1.29, 1.82) is 0 Å². The SMILES string of the molecule is CC1(C)Cc2cccc(OCc3ccc(C(=O)Nc4ccc5c(c4)OCCO5)cc3)c2O1. The summed E-state index contributed by atoms with van der Waals surface area (Å²) in [6.07, 6.45) is 0.868. The average Bonchev–Trinajstić information content (AvgIpc) is 3.12. The molecule has 0 radical (unpaired) electrons. The summed E-state index contributed by atoms with van der Waals surface area (Å²) in [5, 5.41) is 2.90. The summed E-state index contributed by atoms with van der Waals surface area (Å²) in [7, 11) is 0. The predicted molar refractivity (Wildman–Crippen MR) is 121 cm³/mol. The minimum absolute atomic E-state index is 0.189. The van der Waals surface area contributed by atoms with E-state index in [1.54, 1.807) is 30.3 Å². The largest absolute Gasteiger partial charge is 0.486 e. The quantitative estimate of drug-likeness (QED) is 0.616. The van der Waals surface area contributed by atoms with E-state index in [1.165, 1.54) is 5.56 Å². The van der Waals surface area contributed by atoms with E-state index in [9.17, 15) is 4.79 Å². The fraction of sp³-hybridized carbons (Fsp3) is 0.269. The molecule has 0 saturated heterocycles. The van der Waals surface area contributed by atoms with E-state index < -0.39 is 0 Å². The van der Waals surface area contributed by atoms with Gasteiger partial charge in [-0.05, 0) is 49.7 Å². The van der Waals surface area contributed by atoms with Crippen LogP contribution in [-0.2, 0) is 13.0 Å². The van der Waals surface area contributed by atoms with Crippen molar-refractivity contribution in [2.24, 2.45) is 0 Å². The lowest BCUT2D eigenvalue weighted by molar-refractivity contribution is 0.102. The Kier molecular flexibility index (Phi) is 5.13. The van der Waals surface area contributed by atoms with Gasteiger partial charge in [-0.15, -0.1) is 0 Å². The Hall–Kier alpha value is -3.67. The van der Waals surface area contributed by atoms with E-state index in [-0.39, 0.29) is 11.5 Å². The molecule has 0 atom stereocenters. The van der Waals surface area contributed by atoms with E-state index in [1.807, 2.05) is 24.3 Å². The molecule has 1 N–H and O–H groups in total. The number of carbonyl (C=O) groups is 1. The monoisotopic (exact) mass is 431 g/mol. The third kappa shape index (κ3) is 4.21. The summed E-state index contributed by atoms with van der Waals surface area (Å²) >= 11 is 0.